The van der Waals surface area contributed by atoms with Gasteiger partial charge in [-0.15, -0.1) is 0 Å². The van der Waals surface area contributed by atoms with Crippen LogP contribution in [-0.4, -0.2) is 12.0 Å². The fourth-order valence-electron chi connectivity index (χ4n) is 2.59. The molecule has 1 aromatic heterocycles. The van der Waals surface area contributed by atoms with Gasteiger partial charge in [0.15, 0.2) is 0 Å². The van der Waals surface area contributed by atoms with E-state index in [2.05, 4.69) is 10.3 Å². The van der Waals surface area contributed by atoms with Crippen molar-refractivity contribution >= 4 is 22.4 Å². The Morgan fingerprint density at radius 3 is 2.67 bits per heavy atom. The summed E-state index contributed by atoms with van der Waals surface area (Å²) in [4.78, 5) is 4.28. The molecule has 0 saturated carbocycles. The molecule has 0 amide bonds. The van der Waals surface area contributed by atoms with Crippen LogP contribution in [0.2, 0.25) is 5.02 Å². The normalized spacial score (nSPS) is 12.5. The Morgan fingerprint density at radius 1 is 1.05 bits per heavy atom. The average Bonchev–Trinajstić information content (AvgIpc) is 2.52. The summed E-state index contributed by atoms with van der Waals surface area (Å²) in [5.74, 6) is -0.414. The van der Waals surface area contributed by atoms with Gasteiger partial charge in [0, 0.05) is 17.8 Å². The second-order valence-electron chi connectivity index (χ2n) is 4.81. The van der Waals surface area contributed by atoms with Crippen LogP contribution < -0.4 is 5.32 Å². The number of hydrogen-bond acceptors (Lipinski definition) is 2. The van der Waals surface area contributed by atoms with Crippen LogP contribution in [0.15, 0.2) is 54.9 Å². The SMILES string of the molecule is CNC(c1cccc(F)c1Cl)c1cncc2ccccc12. The van der Waals surface area contributed by atoms with Gasteiger partial charge in [0.1, 0.15) is 5.82 Å². The summed E-state index contributed by atoms with van der Waals surface area (Å²) >= 11 is 6.13. The number of rotatable bonds is 3. The smallest absolute Gasteiger partial charge is 0.142 e. The summed E-state index contributed by atoms with van der Waals surface area (Å²) in [7, 11) is 1.83. The largest absolute Gasteiger partial charge is 0.309 e. The Balaban J connectivity index is 2.21. The van der Waals surface area contributed by atoms with Crippen molar-refractivity contribution in [3.05, 3.63) is 76.8 Å². The molecule has 0 aliphatic heterocycles. The van der Waals surface area contributed by atoms with Crippen molar-refractivity contribution in [2.75, 3.05) is 7.05 Å². The fourth-order valence-corrected chi connectivity index (χ4v) is 2.83. The molecule has 3 aromatic rings. The number of fused-ring (bicyclic) bond motifs is 1. The van der Waals surface area contributed by atoms with Crippen molar-refractivity contribution < 1.29 is 4.39 Å². The van der Waals surface area contributed by atoms with Crippen LogP contribution in [0.4, 0.5) is 4.39 Å². The number of halogens is 2. The molecular formula is C17H14ClFN2. The van der Waals surface area contributed by atoms with Crippen LogP contribution in [0.1, 0.15) is 17.2 Å². The highest BCUT2D eigenvalue weighted by Gasteiger charge is 2.19. The van der Waals surface area contributed by atoms with E-state index in [1.165, 1.54) is 6.07 Å². The molecule has 0 radical (unpaired) electrons. The number of benzene rings is 2. The maximum absolute atomic E-state index is 13.7. The molecule has 1 N–H and O–H groups in total. The van der Waals surface area contributed by atoms with Crippen LogP contribution >= 0.6 is 11.6 Å². The van der Waals surface area contributed by atoms with E-state index in [1.54, 1.807) is 12.3 Å². The molecule has 0 aliphatic rings. The van der Waals surface area contributed by atoms with Crippen molar-refractivity contribution in [1.29, 1.82) is 0 Å². The van der Waals surface area contributed by atoms with Gasteiger partial charge in [0.2, 0.25) is 0 Å². The second kappa shape index (κ2) is 5.80. The standard InChI is InChI=1S/C17H14ClFN2/c1-20-17(13-7-4-8-15(19)16(13)18)14-10-21-9-11-5-2-3-6-12(11)14/h2-10,17,20H,1H3. The molecule has 1 atom stereocenters. The highest BCUT2D eigenvalue weighted by molar-refractivity contribution is 6.31. The second-order valence-corrected chi connectivity index (χ2v) is 5.19. The topological polar surface area (TPSA) is 24.9 Å². The minimum absolute atomic E-state index is 0.143. The summed E-state index contributed by atoms with van der Waals surface area (Å²) in [5, 5.41) is 5.47. The minimum Gasteiger partial charge on any atom is -0.309 e. The molecule has 0 saturated heterocycles. The van der Waals surface area contributed by atoms with E-state index in [-0.39, 0.29) is 11.1 Å². The van der Waals surface area contributed by atoms with Gasteiger partial charge in [-0.1, -0.05) is 48.0 Å². The molecular weight excluding hydrogens is 287 g/mol. The monoisotopic (exact) mass is 300 g/mol. The zero-order chi connectivity index (χ0) is 14.8. The fraction of sp³-hybridized carbons (Fsp3) is 0.118. The lowest BCUT2D eigenvalue weighted by Crippen LogP contribution is -2.19. The van der Waals surface area contributed by atoms with E-state index < -0.39 is 5.82 Å². The first-order valence-electron chi connectivity index (χ1n) is 6.66. The van der Waals surface area contributed by atoms with Crippen molar-refractivity contribution in [3.63, 3.8) is 0 Å². The van der Waals surface area contributed by atoms with Crippen molar-refractivity contribution in [2.45, 2.75) is 6.04 Å². The lowest BCUT2D eigenvalue weighted by Gasteiger charge is -2.20. The average molecular weight is 301 g/mol. The van der Waals surface area contributed by atoms with Crippen molar-refractivity contribution in [2.24, 2.45) is 0 Å². The third kappa shape index (κ3) is 2.50. The number of nitrogens with zero attached hydrogens (tertiary/aromatic N) is 1. The Bertz CT molecular complexity index is 783. The number of hydrogen-bond donors (Lipinski definition) is 1. The molecule has 0 spiro atoms. The molecule has 0 bridgehead atoms. The first-order chi connectivity index (χ1) is 10.2. The Hall–Kier alpha value is -1.97. The summed E-state index contributed by atoms with van der Waals surface area (Å²) in [6.45, 7) is 0. The zero-order valence-corrected chi connectivity index (χ0v) is 12.2. The van der Waals surface area contributed by atoms with Crippen LogP contribution in [0, 0.1) is 5.82 Å². The van der Waals surface area contributed by atoms with E-state index in [9.17, 15) is 4.39 Å². The molecule has 106 valence electrons. The van der Waals surface area contributed by atoms with E-state index in [0.29, 0.717) is 5.56 Å². The first-order valence-corrected chi connectivity index (χ1v) is 7.04. The highest BCUT2D eigenvalue weighted by Crippen LogP contribution is 2.32. The van der Waals surface area contributed by atoms with Gasteiger partial charge in [0.05, 0.1) is 11.1 Å². The van der Waals surface area contributed by atoms with E-state index >= 15 is 0 Å². The van der Waals surface area contributed by atoms with Crippen molar-refractivity contribution in [1.82, 2.24) is 10.3 Å². The van der Waals surface area contributed by atoms with Crippen LogP contribution in [0.25, 0.3) is 10.8 Å². The van der Waals surface area contributed by atoms with E-state index in [1.807, 2.05) is 43.6 Å². The van der Waals surface area contributed by atoms with Gasteiger partial charge < -0.3 is 5.32 Å². The predicted molar refractivity (Wildman–Crippen MR) is 84.1 cm³/mol. The minimum atomic E-state index is -0.414. The lowest BCUT2D eigenvalue weighted by molar-refractivity contribution is 0.617. The van der Waals surface area contributed by atoms with Gasteiger partial charge in [-0.05, 0) is 29.6 Å². The van der Waals surface area contributed by atoms with Gasteiger partial charge >= 0.3 is 0 Å². The molecule has 3 rings (SSSR count). The molecule has 1 unspecified atom stereocenters. The van der Waals surface area contributed by atoms with Gasteiger partial charge in [-0.2, -0.15) is 0 Å². The third-order valence-corrected chi connectivity index (χ3v) is 3.99. The molecule has 0 aliphatic carbocycles. The summed E-state index contributed by atoms with van der Waals surface area (Å²) in [6.07, 6.45) is 3.61. The third-order valence-electron chi connectivity index (χ3n) is 3.59. The molecule has 0 fully saturated rings. The molecule has 2 nitrogen and oxygen atoms in total. The quantitative estimate of drug-likeness (QED) is 0.778. The highest BCUT2D eigenvalue weighted by atomic mass is 35.5. The summed E-state index contributed by atoms with van der Waals surface area (Å²) in [5.41, 5.74) is 1.68. The number of aromatic nitrogens is 1. The Morgan fingerprint density at radius 2 is 1.86 bits per heavy atom. The summed E-state index contributed by atoms with van der Waals surface area (Å²) in [6, 6.07) is 12.6. The molecule has 2 aromatic carbocycles. The Kier molecular flexibility index (Phi) is 3.86. The maximum Gasteiger partial charge on any atom is 0.142 e. The van der Waals surface area contributed by atoms with Crippen LogP contribution in [-0.2, 0) is 0 Å². The van der Waals surface area contributed by atoms with Crippen LogP contribution in [0.3, 0.4) is 0 Å². The zero-order valence-electron chi connectivity index (χ0n) is 11.5. The van der Waals surface area contributed by atoms with Crippen LogP contribution in [0.5, 0.6) is 0 Å². The van der Waals surface area contributed by atoms with Gasteiger partial charge in [-0.3, -0.25) is 4.98 Å². The predicted octanol–water partition coefficient (Wildman–Crippen LogP) is 4.34. The Labute approximate surface area is 127 Å². The van der Waals surface area contributed by atoms with Gasteiger partial charge in [-0.25, -0.2) is 4.39 Å². The number of nitrogens with one attached hydrogen (secondary N) is 1. The van der Waals surface area contributed by atoms with E-state index in [0.717, 1.165) is 16.3 Å². The maximum atomic E-state index is 13.7. The van der Waals surface area contributed by atoms with Gasteiger partial charge in [0.25, 0.3) is 0 Å². The lowest BCUT2D eigenvalue weighted by atomic mass is 9.95. The molecule has 4 heteroatoms. The van der Waals surface area contributed by atoms with Crippen molar-refractivity contribution in [3.8, 4) is 0 Å². The summed E-state index contributed by atoms with van der Waals surface area (Å²) < 4.78 is 13.7. The number of pyridine rings is 1. The molecule has 21 heavy (non-hydrogen) atoms. The van der Waals surface area contributed by atoms with E-state index in [4.69, 9.17) is 11.6 Å². The first kappa shape index (κ1) is 14.0. The molecule has 1 heterocycles.